The van der Waals surface area contributed by atoms with Gasteiger partial charge in [0.25, 0.3) is 0 Å². The van der Waals surface area contributed by atoms with Crippen LogP contribution in [0.5, 0.6) is 0 Å². The molecule has 2 rings (SSSR count). The van der Waals surface area contributed by atoms with E-state index in [-0.39, 0.29) is 24.6 Å². The lowest BCUT2D eigenvalue weighted by Crippen LogP contribution is -2.35. The van der Waals surface area contributed by atoms with Gasteiger partial charge >= 0.3 is 5.97 Å². The highest BCUT2D eigenvalue weighted by molar-refractivity contribution is 6.04. The first-order valence-electron chi connectivity index (χ1n) is 9.29. The van der Waals surface area contributed by atoms with Crippen molar-refractivity contribution in [1.82, 2.24) is 4.90 Å². The summed E-state index contributed by atoms with van der Waals surface area (Å²) in [5.41, 5.74) is 8.61. The zero-order chi connectivity index (χ0) is 19.3. The topological polar surface area (TPSA) is 81.9 Å². The van der Waals surface area contributed by atoms with Gasteiger partial charge in [0.2, 0.25) is 0 Å². The maximum atomic E-state index is 12.4. The van der Waals surface area contributed by atoms with Crippen LogP contribution in [-0.2, 0) is 19.1 Å². The van der Waals surface area contributed by atoms with Crippen LogP contribution in [0.1, 0.15) is 40.0 Å². The van der Waals surface area contributed by atoms with Crippen molar-refractivity contribution in [3.63, 3.8) is 0 Å². The standard InChI is InChI=1S/C20H30N2O4.ClH/c1-5-6-7-26-19-15-9-16(20(24)25-4)18(23)8-14(15)12-22(11-13(2)3)17(19)10-21;/h9,12-13,16H,5-8,10-11,21H2,1-4H3;1H. The number of carbonyl (C=O) groups is 2. The van der Waals surface area contributed by atoms with Crippen LogP contribution >= 0.6 is 12.4 Å². The van der Waals surface area contributed by atoms with Crippen molar-refractivity contribution in [1.29, 1.82) is 0 Å². The largest absolute Gasteiger partial charge is 0.491 e. The first-order chi connectivity index (χ1) is 12.4. The van der Waals surface area contributed by atoms with Gasteiger partial charge in [-0.1, -0.05) is 33.3 Å². The maximum absolute atomic E-state index is 12.4. The Labute approximate surface area is 167 Å². The SMILES string of the molecule is CCCCOC1=C(CN)N(CC(C)C)C=C2CC(=O)C(C(=O)OC)C=C21.Cl. The normalized spacial score (nSPS) is 19.3. The molecule has 0 saturated heterocycles. The second kappa shape index (κ2) is 10.5. The molecule has 152 valence electrons. The number of nitrogens with zero attached hydrogens (tertiary/aromatic N) is 1. The molecule has 0 aromatic rings. The van der Waals surface area contributed by atoms with Crippen molar-refractivity contribution < 1.29 is 19.1 Å². The van der Waals surface area contributed by atoms with Gasteiger partial charge in [-0.2, -0.15) is 0 Å². The molecule has 1 atom stereocenters. The third kappa shape index (κ3) is 5.36. The summed E-state index contributed by atoms with van der Waals surface area (Å²) in [7, 11) is 1.30. The van der Waals surface area contributed by atoms with Crippen molar-refractivity contribution in [3.05, 3.63) is 34.9 Å². The number of hydrogen-bond acceptors (Lipinski definition) is 6. The summed E-state index contributed by atoms with van der Waals surface area (Å²) in [5.74, 6) is -0.445. The predicted octanol–water partition coefficient (Wildman–Crippen LogP) is 2.94. The van der Waals surface area contributed by atoms with E-state index in [1.54, 1.807) is 6.08 Å². The summed E-state index contributed by atoms with van der Waals surface area (Å²) in [6.07, 6.45) is 5.79. The quantitative estimate of drug-likeness (QED) is 0.384. The van der Waals surface area contributed by atoms with Gasteiger partial charge in [0.15, 0.2) is 5.78 Å². The number of unbranched alkanes of at least 4 members (excludes halogenated alkanes) is 1. The molecule has 0 radical (unpaired) electrons. The highest BCUT2D eigenvalue weighted by Crippen LogP contribution is 2.38. The van der Waals surface area contributed by atoms with Gasteiger partial charge in [-0.05, 0) is 17.9 Å². The number of allylic oxidation sites excluding steroid dienone is 1. The number of carbonyl (C=O) groups excluding carboxylic acids is 2. The molecule has 2 aliphatic rings. The molecule has 0 aromatic carbocycles. The molecular weight excluding hydrogens is 368 g/mol. The van der Waals surface area contributed by atoms with Gasteiger partial charge in [0, 0.05) is 31.3 Å². The Hall–Kier alpha value is -1.79. The van der Waals surface area contributed by atoms with Gasteiger partial charge in [-0.3, -0.25) is 9.59 Å². The Morgan fingerprint density at radius 3 is 2.67 bits per heavy atom. The van der Waals surface area contributed by atoms with E-state index in [2.05, 4.69) is 25.7 Å². The second-order valence-corrected chi connectivity index (χ2v) is 7.11. The van der Waals surface area contributed by atoms with Gasteiger partial charge in [0.1, 0.15) is 11.7 Å². The molecule has 0 spiro atoms. The number of ketones is 1. The van der Waals surface area contributed by atoms with E-state index in [0.717, 1.165) is 36.2 Å². The maximum Gasteiger partial charge on any atom is 0.320 e. The van der Waals surface area contributed by atoms with Crippen LogP contribution in [-0.4, -0.2) is 43.5 Å². The first kappa shape index (κ1) is 23.2. The van der Waals surface area contributed by atoms with Crippen LogP contribution in [0.2, 0.25) is 0 Å². The molecule has 0 bridgehead atoms. The number of ether oxygens (including phenoxy) is 2. The fourth-order valence-electron chi connectivity index (χ4n) is 3.22. The Balaban J connectivity index is 0.00000364. The molecule has 0 fully saturated rings. The van der Waals surface area contributed by atoms with E-state index in [1.165, 1.54) is 7.11 Å². The zero-order valence-electron chi connectivity index (χ0n) is 16.6. The van der Waals surface area contributed by atoms with E-state index in [9.17, 15) is 9.59 Å². The number of fused-ring (bicyclic) bond motifs is 1. The molecular formula is C20H31ClN2O4. The van der Waals surface area contributed by atoms with E-state index in [4.69, 9.17) is 15.2 Å². The van der Waals surface area contributed by atoms with Gasteiger partial charge in [-0.25, -0.2) is 0 Å². The molecule has 0 aromatic heterocycles. The number of rotatable bonds is 8. The van der Waals surface area contributed by atoms with Crippen LogP contribution in [0, 0.1) is 11.8 Å². The smallest absolute Gasteiger partial charge is 0.320 e. The summed E-state index contributed by atoms with van der Waals surface area (Å²) in [4.78, 5) is 26.5. The highest BCUT2D eigenvalue weighted by Gasteiger charge is 2.36. The van der Waals surface area contributed by atoms with Crippen molar-refractivity contribution in [2.75, 3.05) is 26.8 Å². The van der Waals surface area contributed by atoms with E-state index in [0.29, 0.717) is 24.8 Å². The molecule has 1 heterocycles. The highest BCUT2D eigenvalue weighted by atomic mass is 35.5. The number of hydrogen-bond donors (Lipinski definition) is 1. The van der Waals surface area contributed by atoms with Crippen molar-refractivity contribution in [2.45, 2.75) is 40.0 Å². The number of methoxy groups -OCH3 is 1. The Morgan fingerprint density at radius 2 is 2.11 bits per heavy atom. The van der Waals surface area contributed by atoms with Crippen LogP contribution in [0.25, 0.3) is 0 Å². The van der Waals surface area contributed by atoms with Crippen molar-refractivity contribution >= 4 is 24.2 Å². The van der Waals surface area contributed by atoms with E-state index >= 15 is 0 Å². The zero-order valence-corrected chi connectivity index (χ0v) is 17.4. The molecule has 1 aliphatic carbocycles. The monoisotopic (exact) mass is 398 g/mol. The molecule has 27 heavy (non-hydrogen) atoms. The second-order valence-electron chi connectivity index (χ2n) is 7.11. The number of Topliss-reactive ketones (excluding diaryl/α,β-unsaturated/α-hetero) is 1. The molecule has 0 amide bonds. The number of nitrogens with two attached hydrogens (primary N) is 1. The lowest BCUT2D eigenvalue weighted by molar-refractivity contribution is -0.147. The van der Waals surface area contributed by atoms with Gasteiger partial charge < -0.3 is 20.1 Å². The lowest BCUT2D eigenvalue weighted by Gasteiger charge is -2.35. The lowest BCUT2D eigenvalue weighted by atomic mass is 9.83. The summed E-state index contributed by atoms with van der Waals surface area (Å²) < 4.78 is 10.9. The average Bonchev–Trinajstić information content (AvgIpc) is 2.60. The summed E-state index contributed by atoms with van der Waals surface area (Å²) >= 11 is 0. The van der Waals surface area contributed by atoms with Crippen molar-refractivity contribution in [3.8, 4) is 0 Å². The van der Waals surface area contributed by atoms with Crippen LogP contribution in [0.4, 0.5) is 0 Å². The number of halogens is 1. The average molecular weight is 399 g/mol. The third-order valence-electron chi connectivity index (χ3n) is 4.51. The summed E-state index contributed by atoms with van der Waals surface area (Å²) in [5, 5.41) is 0. The summed E-state index contributed by atoms with van der Waals surface area (Å²) in [6, 6.07) is 0. The number of esters is 1. The minimum Gasteiger partial charge on any atom is -0.491 e. The molecule has 7 heteroatoms. The first-order valence-corrected chi connectivity index (χ1v) is 9.29. The molecule has 2 N–H and O–H groups in total. The molecule has 1 aliphatic heterocycles. The summed E-state index contributed by atoms with van der Waals surface area (Å²) in [6.45, 7) is 8.06. The van der Waals surface area contributed by atoms with Crippen LogP contribution in [0.3, 0.4) is 0 Å². The van der Waals surface area contributed by atoms with E-state index in [1.807, 2.05) is 6.20 Å². The molecule has 6 nitrogen and oxygen atoms in total. The Bertz CT molecular complexity index is 652. The Morgan fingerprint density at radius 1 is 1.41 bits per heavy atom. The van der Waals surface area contributed by atoms with E-state index < -0.39 is 11.9 Å². The Kier molecular flexibility index (Phi) is 9.06. The molecule has 1 unspecified atom stereocenters. The van der Waals surface area contributed by atoms with Crippen LogP contribution in [0.15, 0.2) is 34.9 Å². The minimum absolute atomic E-state index is 0. The van der Waals surface area contributed by atoms with Crippen LogP contribution < -0.4 is 5.73 Å². The molecule has 0 saturated carbocycles. The minimum atomic E-state index is -0.882. The van der Waals surface area contributed by atoms with Crippen molar-refractivity contribution in [2.24, 2.45) is 17.6 Å². The van der Waals surface area contributed by atoms with Gasteiger partial charge in [-0.15, -0.1) is 12.4 Å². The third-order valence-corrected chi connectivity index (χ3v) is 4.51. The predicted molar refractivity (Wildman–Crippen MR) is 107 cm³/mol. The fourth-order valence-corrected chi connectivity index (χ4v) is 3.22. The fraction of sp³-hybridized carbons (Fsp3) is 0.600. The van der Waals surface area contributed by atoms with Gasteiger partial charge in [0.05, 0.1) is 19.4 Å².